The van der Waals surface area contributed by atoms with Gasteiger partial charge in [0.15, 0.2) is 0 Å². The summed E-state index contributed by atoms with van der Waals surface area (Å²) in [5, 5.41) is 7.57. The van der Waals surface area contributed by atoms with Crippen LogP contribution in [0, 0.1) is 11.7 Å². The van der Waals surface area contributed by atoms with Crippen LogP contribution in [0.25, 0.3) is 0 Å². The quantitative estimate of drug-likeness (QED) is 0.285. The molecule has 3 atom stereocenters. The van der Waals surface area contributed by atoms with Gasteiger partial charge in [0.05, 0.1) is 24.6 Å². The Kier molecular flexibility index (Phi) is 13.0. The first-order valence-corrected chi connectivity index (χ1v) is 16.9. The van der Waals surface area contributed by atoms with Crippen molar-refractivity contribution >= 4 is 29.3 Å². The molecule has 4 amide bonds. The van der Waals surface area contributed by atoms with Crippen molar-refractivity contribution in [3.05, 3.63) is 53.6 Å². The summed E-state index contributed by atoms with van der Waals surface area (Å²) in [4.78, 5) is 60.2. The summed E-state index contributed by atoms with van der Waals surface area (Å²) in [6.45, 7) is 5.78. The number of nitrogens with zero attached hydrogens (tertiary/aromatic N) is 3. The zero-order valence-corrected chi connectivity index (χ0v) is 28.6. The van der Waals surface area contributed by atoms with Crippen LogP contribution in [-0.4, -0.2) is 90.8 Å². The summed E-state index contributed by atoms with van der Waals surface area (Å²) in [5.41, 5.74) is -0.490. The third kappa shape index (κ3) is 9.49. The summed E-state index contributed by atoms with van der Waals surface area (Å²) in [7, 11) is 3.25. The van der Waals surface area contributed by atoms with Gasteiger partial charge in [-0.05, 0) is 49.6 Å². The minimum Gasteiger partial charge on any atom is -0.495 e. The highest BCUT2D eigenvalue weighted by Crippen LogP contribution is 2.32. The lowest BCUT2D eigenvalue weighted by Crippen LogP contribution is -2.55. The van der Waals surface area contributed by atoms with Gasteiger partial charge in [0, 0.05) is 44.7 Å². The lowest BCUT2D eigenvalue weighted by atomic mass is 9.90. The highest BCUT2D eigenvalue weighted by atomic mass is 19.3. The fourth-order valence-electron chi connectivity index (χ4n) is 6.33. The maximum absolute atomic E-state index is 15.6. The number of ether oxygens (including phenoxy) is 1. The summed E-state index contributed by atoms with van der Waals surface area (Å²) in [5.74, 6) is -8.95. The van der Waals surface area contributed by atoms with Gasteiger partial charge in [-0.15, -0.1) is 0 Å². The lowest BCUT2D eigenvalue weighted by molar-refractivity contribution is -0.149. The molecule has 0 unspecified atom stereocenters. The van der Waals surface area contributed by atoms with Crippen molar-refractivity contribution in [1.82, 2.24) is 25.4 Å². The SMILES string of the molecule is CCC(=O)N[C@@H](C(=O)N1CCN(C)CC1)[C@@H](C)c1ccc(NC(=O)[C@@H](NC(=O)C(F)(F)c2cncc(OC)c2)C2CCCCCC2)c(F)c1. The van der Waals surface area contributed by atoms with Gasteiger partial charge in [-0.1, -0.05) is 45.6 Å². The molecule has 268 valence electrons. The molecule has 4 rings (SSSR count). The standard InChI is InChI=1S/C35H47F3N6O5/c1-5-29(45)41-30(33(47)44-16-14-43(3)15-17-44)22(2)24-12-13-28(27(36)18-24)40-32(46)31(23-10-8-6-7-9-11-23)42-34(48)35(37,38)25-19-26(49-4)21-39-20-25/h12-13,18-23,30-31H,5-11,14-17H2,1-4H3,(H,40,46)(H,41,45)(H,42,48)/t22-,30+,31-/m0/s1. The Morgan fingerprint density at radius 2 is 1.67 bits per heavy atom. The number of halogens is 3. The van der Waals surface area contributed by atoms with E-state index < -0.39 is 53.0 Å². The van der Waals surface area contributed by atoms with E-state index in [2.05, 4.69) is 25.8 Å². The van der Waals surface area contributed by atoms with Crippen LogP contribution >= 0.6 is 0 Å². The average molecular weight is 689 g/mol. The second-order valence-corrected chi connectivity index (χ2v) is 12.9. The number of rotatable bonds is 12. The van der Waals surface area contributed by atoms with Crippen molar-refractivity contribution in [1.29, 1.82) is 0 Å². The van der Waals surface area contributed by atoms with Crippen molar-refractivity contribution in [2.75, 3.05) is 45.7 Å². The Labute approximate surface area is 285 Å². The van der Waals surface area contributed by atoms with Crippen LogP contribution in [0.3, 0.4) is 0 Å². The third-order valence-electron chi connectivity index (χ3n) is 9.53. The van der Waals surface area contributed by atoms with Crippen molar-refractivity contribution in [2.45, 2.75) is 82.7 Å². The number of piperazine rings is 1. The van der Waals surface area contributed by atoms with Crippen LogP contribution < -0.4 is 20.7 Å². The van der Waals surface area contributed by atoms with E-state index in [9.17, 15) is 19.2 Å². The van der Waals surface area contributed by atoms with Gasteiger partial charge in [-0.25, -0.2) is 4.39 Å². The fraction of sp³-hybridized carbons (Fsp3) is 0.571. The van der Waals surface area contributed by atoms with E-state index in [1.807, 2.05) is 7.05 Å². The zero-order chi connectivity index (χ0) is 35.7. The van der Waals surface area contributed by atoms with E-state index in [-0.39, 0.29) is 29.7 Å². The number of benzene rings is 1. The molecular formula is C35H47F3N6O5. The number of aromatic nitrogens is 1. The Hall–Kier alpha value is -4.20. The molecule has 0 spiro atoms. The van der Waals surface area contributed by atoms with E-state index in [0.29, 0.717) is 44.6 Å². The minimum absolute atomic E-state index is 0.0408. The summed E-state index contributed by atoms with van der Waals surface area (Å²) < 4.78 is 51.3. The molecule has 1 saturated heterocycles. The van der Waals surface area contributed by atoms with E-state index in [1.165, 1.54) is 25.4 Å². The number of likely N-dealkylation sites (N-methyl/N-ethyl adjacent to an activating group) is 1. The van der Waals surface area contributed by atoms with Gasteiger partial charge < -0.3 is 30.5 Å². The van der Waals surface area contributed by atoms with Gasteiger partial charge in [0.2, 0.25) is 17.7 Å². The number of hydrogen-bond acceptors (Lipinski definition) is 7. The number of carbonyl (C=O) groups is 4. The predicted molar refractivity (Wildman–Crippen MR) is 178 cm³/mol. The van der Waals surface area contributed by atoms with E-state index in [4.69, 9.17) is 4.74 Å². The van der Waals surface area contributed by atoms with Gasteiger partial charge in [0.25, 0.3) is 5.91 Å². The largest absolute Gasteiger partial charge is 0.495 e. The first-order chi connectivity index (χ1) is 23.3. The molecule has 1 aliphatic carbocycles. The van der Waals surface area contributed by atoms with Crippen LogP contribution in [0.4, 0.5) is 18.9 Å². The normalized spacial score (nSPS) is 18.1. The monoisotopic (exact) mass is 688 g/mol. The maximum atomic E-state index is 15.6. The highest BCUT2D eigenvalue weighted by Gasteiger charge is 2.44. The number of hydrogen-bond donors (Lipinski definition) is 3. The fourth-order valence-corrected chi connectivity index (χ4v) is 6.33. The van der Waals surface area contributed by atoms with Crippen molar-refractivity contribution < 1.29 is 37.1 Å². The molecule has 0 radical (unpaired) electrons. The number of carbonyl (C=O) groups excluding carboxylic acids is 4. The summed E-state index contributed by atoms with van der Waals surface area (Å²) in [6, 6.07) is 2.78. The van der Waals surface area contributed by atoms with Crippen molar-refractivity contribution in [3.8, 4) is 5.75 Å². The molecule has 3 N–H and O–H groups in total. The van der Waals surface area contributed by atoms with Gasteiger partial charge >= 0.3 is 5.92 Å². The van der Waals surface area contributed by atoms with Crippen LogP contribution in [0.1, 0.15) is 75.8 Å². The van der Waals surface area contributed by atoms with Crippen molar-refractivity contribution in [2.24, 2.45) is 5.92 Å². The van der Waals surface area contributed by atoms with E-state index in [0.717, 1.165) is 37.9 Å². The number of alkyl halides is 2. The number of nitrogens with one attached hydrogen (secondary N) is 3. The maximum Gasteiger partial charge on any atom is 0.351 e. The first kappa shape index (κ1) is 37.6. The molecule has 1 aromatic carbocycles. The van der Waals surface area contributed by atoms with Crippen LogP contribution in [0.15, 0.2) is 36.7 Å². The Balaban J connectivity index is 1.54. The molecule has 2 fully saturated rings. The minimum atomic E-state index is -4.03. The van der Waals surface area contributed by atoms with Crippen LogP contribution in [-0.2, 0) is 25.1 Å². The number of amides is 4. The first-order valence-electron chi connectivity index (χ1n) is 16.9. The summed E-state index contributed by atoms with van der Waals surface area (Å²) >= 11 is 0. The number of methoxy groups -OCH3 is 1. The zero-order valence-electron chi connectivity index (χ0n) is 28.6. The Morgan fingerprint density at radius 3 is 2.29 bits per heavy atom. The topological polar surface area (TPSA) is 133 Å². The second kappa shape index (κ2) is 17.0. The van der Waals surface area contributed by atoms with Gasteiger partial charge in [0.1, 0.15) is 23.7 Å². The molecule has 1 saturated carbocycles. The molecule has 1 aromatic heterocycles. The van der Waals surface area contributed by atoms with Crippen LogP contribution in [0.5, 0.6) is 5.75 Å². The number of anilines is 1. The third-order valence-corrected chi connectivity index (χ3v) is 9.53. The molecule has 49 heavy (non-hydrogen) atoms. The second-order valence-electron chi connectivity index (χ2n) is 12.9. The molecule has 0 bridgehead atoms. The Morgan fingerprint density at radius 1 is 1.00 bits per heavy atom. The molecule has 14 heteroatoms. The molecule has 11 nitrogen and oxygen atoms in total. The smallest absolute Gasteiger partial charge is 0.351 e. The summed E-state index contributed by atoms with van der Waals surface area (Å²) in [6.07, 6.45) is 6.63. The molecule has 2 heterocycles. The van der Waals surface area contributed by atoms with E-state index >= 15 is 13.2 Å². The van der Waals surface area contributed by atoms with E-state index in [1.54, 1.807) is 24.8 Å². The molecule has 1 aliphatic heterocycles. The molecule has 2 aliphatic rings. The van der Waals surface area contributed by atoms with Crippen molar-refractivity contribution in [3.63, 3.8) is 0 Å². The predicted octanol–water partition coefficient (Wildman–Crippen LogP) is 4.19. The molecular weight excluding hydrogens is 641 g/mol. The number of pyridine rings is 1. The Bertz CT molecular complexity index is 1480. The van der Waals surface area contributed by atoms with Gasteiger partial charge in [-0.3, -0.25) is 24.2 Å². The average Bonchev–Trinajstić information content (AvgIpc) is 3.39. The highest BCUT2D eigenvalue weighted by molar-refractivity contribution is 5.98. The van der Waals surface area contributed by atoms with Crippen LogP contribution in [0.2, 0.25) is 0 Å². The van der Waals surface area contributed by atoms with Gasteiger partial charge in [-0.2, -0.15) is 8.78 Å². The lowest BCUT2D eigenvalue weighted by Gasteiger charge is -2.36. The molecule has 2 aromatic rings.